The summed E-state index contributed by atoms with van der Waals surface area (Å²) in [5, 5.41) is 16.7. The zero-order valence-corrected chi connectivity index (χ0v) is 17.6. The molecule has 0 aliphatic rings. The van der Waals surface area contributed by atoms with E-state index in [1.165, 1.54) is 19.3 Å². The van der Waals surface area contributed by atoms with Crippen molar-refractivity contribution in [2.24, 2.45) is 0 Å². The Labute approximate surface area is 172 Å². The molecule has 0 radical (unpaired) electrons. The number of hydrogen-bond donors (Lipinski definition) is 3. The summed E-state index contributed by atoms with van der Waals surface area (Å²) >= 11 is 0. The number of nitrogens with one attached hydrogen (secondary N) is 2. The zero-order valence-electron chi connectivity index (χ0n) is 17.6. The highest BCUT2D eigenvalue weighted by Gasteiger charge is 2.18. The molecular formula is C22H32N6O. The second-order valence-corrected chi connectivity index (χ2v) is 7.59. The second kappa shape index (κ2) is 10.2. The number of aromatic nitrogens is 4. The lowest BCUT2D eigenvalue weighted by Gasteiger charge is -2.18. The van der Waals surface area contributed by atoms with E-state index >= 15 is 0 Å². The van der Waals surface area contributed by atoms with E-state index in [2.05, 4.69) is 41.4 Å². The van der Waals surface area contributed by atoms with E-state index in [0.717, 1.165) is 24.2 Å². The number of rotatable bonds is 11. The van der Waals surface area contributed by atoms with Crippen LogP contribution in [0.25, 0.3) is 11.2 Å². The van der Waals surface area contributed by atoms with Crippen molar-refractivity contribution in [2.75, 3.05) is 23.8 Å². The molecule has 0 amide bonds. The number of imidazole rings is 1. The van der Waals surface area contributed by atoms with Gasteiger partial charge in [0.15, 0.2) is 17.0 Å². The van der Waals surface area contributed by atoms with Crippen LogP contribution in [-0.4, -0.2) is 37.8 Å². The monoisotopic (exact) mass is 396 g/mol. The topological polar surface area (TPSA) is 87.9 Å². The molecule has 0 saturated carbocycles. The molecule has 7 nitrogen and oxygen atoms in total. The van der Waals surface area contributed by atoms with Gasteiger partial charge in [-0.15, -0.1) is 0 Å². The first-order valence-corrected chi connectivity index (χ1v) is 10.5. The number of fused-ring (bicyclic) bond motifs is 1. The summed E-state index contributed by atoms with van der Waals surface area (Å²) in [6.45, 7) is 7.21. The number of hydrogen-bond acceptors (Lipinski definition) is 6. The minimum Gasteiger partial charge on any atom is -0.394 e. The van der Waals surface area contributed by atoms with Crippen LogP contribution in [0.3, 0.4) is 0 Å². The lowest BCUT2D eigenvalue weighted by molar-refractivity contribution is 0.276. The molecule has 0 saturated heterocycles. The molecule has 0 bridgehead atoms. The van der Waals surface area contributed by atoms with E-state index in [1.807, 2.05) is 34.9 Å². The van der Waals surface area contributed by atoms with Gasteiger partial charge in [0.2, 0.25) is 5.95 Å². The highest BCUT2D eigenvalue weighted by molar-refractivity contribution is 5.84. The van der Waals surface area contributed by atoms with Crippen molar-refractivity contribution in [3.05, 3.63) is 42.2 Å². The maximum atomic E-state index is 9.95. The van der Waals surface area contributed by atoms with Gasteiger partial charge in [-0.1, -0.05) is 56.5 Å². The van der Waals surface area contributed by atoms with E-state index in [-0.39, 0.29) is 18.7 Å². The number of aliphatic hydroxyl groups excluding tert-OH is 1. The third-order valence-corrected chi connectivity index (χ3v) is 4.99. The van der Waals surface area contributed by atoms with Gasteiger partial charge >= 0.3 is 0 Å². The molecule has 0 fully saturated rings. The van der Waals surface area contributed by atoms with Gasteiger partial charge in [-0.2, -0.15) is 9.97 Å². The summed E-state index contributed by atoms with van der Waals surface area (Å²) in [6, 6.07) is 9.85. The third kappa shape index (κ3) is 5.23. The van der Waals surface area contributed by atoms with Gasteiger partial charge in [-0.05, 0) is 25.8 Å². The first kappa shape index (κ1) is 21.0. The van der Waals surface area contributed by atoms with Gasteiger partial charge in [0.1, 0.15) is 0 Å². The van der Waals surface area contributed by atoms with E-state index < -0.39 is 0 Å². The summed E-state index contributed by atoms with van der Waals surface area (Å²) in [6.07, 6.45) is 6.54. The van der Waals surface area contributed by atoms with Crippen molar-refractivity contribution in [1.29, 1.82) is 0 Å². The molecule has 29 heavy (non-hydrogen) atoms. The highest BCUT2D eigenvalue weighted by Crippen LogP contribution is 2.26. The highest BCUT2D eigenvalue weighted by atomic mass is 16.3. The Hall–Kier alpha value is -2.67. The van der Waals surface area contributed by atoms with Crippen LogP contribution in [0, 0.1) is 0 Å². The fraction of sp³-hybridized carbons (Fsp3) is 0.500. The van der Waals surface area contributed by atoms with Gasteiger partial charge in [0, 0.05) is 12.6 Å². The molecule has 1 atom stereocenters. The minimum atomic E-state index is -0.268. The van der Waals surface area contributed by atoms with Crippen molar-refractivity contribution in [3.8, 4) is 0 Å². The molecule has 0 spiro atoms. The van der Waals surface area contributed by atoms with Gasteiger partial charge in [0.25, 0.3) is 0 Å². The average Bonchev–Trinajstić information content (AvgIpc) is 3.17. The maximum absolute atomic E-state index is 9.95. The SMILES string of the molecule is CCCCCCNc1nc(N[C@H](CO)c2ccccc2)c2ncn(C(C)C)c2n1. The van der Waals surface area contributed by atoms with Crippen LogP contribution in [0.15, 0.2) is 36.7 Å². The van der Waals surface area contributed by atoms with Crippen molar-refractivity contribution < 1.29 is 5.11 Å². The van der Waals surface area contributed by atoms with Crippen molar-refractivity contribution in [1.82, 2.24) is 19.5 Å². The molecule has 2 heterocycles. The first-order valence-electron chi connectivity index (χ1n) is 10.5. The van der Waals surface area contributed by atoms with Gasteiger partial charge < -0.3 is 20.3 Å². The van der Waals surface area contributed by atoms with Crippen LogP contribution in [0.5, 0.6) is 0 Å². The molecular weight excluding hydrogens is 364 g/mol. The molecule has 2 aromatic heterocycles. The van der Waals surface area contributed by atoms with Crippen LogP contribution in [-0.2, 0) is 0 Å². The summed E-state index contributed by atoms with van der Waals surface area (Å²) in [7, 11) is 0. The summed E-state index contributed by atoms with van der Waals surface area (Å²) in [4.78, 5) is 13.9. The largest absolute Gasteiger partial charge is 0.394 e. The standard InChI is InChI=1S/C22H32N6O/c1-4-5-6-10-13-23-22-26-20(19-21(27-22)28(15-24-19)16(2)3)25-18(14-29)17-11-8-7-9-12-17/h7-9,11-12,15-16,18,29H,4-6,10,13-14H2,1-3H3,(H2,23,25,26,27)/t18-/m1/s1. The predicted molar refractivity (Wildman–Crippen MR) is 118 cm³/mol. The quantitative estimate of drug-likeness (QED) is 0.412. The van der Waals surface area contributed by atoms with E-state index in [1.54, 1.807) is 6.33 Å². The lowest BCUT2D eigenvalue weighted by Crippen LogP contribution is -2.17. The molecule has 0 aliphatic heterocycles. The average molecular weight is 397 g/mol. The van der Waals surface area contributed by atoms with E-state index in [9.17, 15) is 5.11 Å². The molecule has 3 N–H and O–H groups in total. The number of anilines is 2. The Morgan fingerprint density at radius 2 is 1.86 bits per heavy atom. The molecule has 1 aromatic carbocycles. The van der Waals surface area contributed by atoms with Crippen LogP contribution in [0.1, 0.15) is 64.1 Å². The Kier molecular flexibility index (Phi) is 7.41. The summed E-state index contributed by atoms with van der Waals surface area (Å²) < 4.78 is 2.04. The van der Waals surface area contributed by atoms with Gasteiger partial charge in [-0.3, -0.25) is 0 Å². The normalized spacial score (nSPS) is 12.4. The van der Waals surface area contributed by atoms with Crippen molar-refractivity contribution in [3.63, 3.8) is 0 Å². The Balaban J connectivity index is 1.89. The smallest absolute Gasteiger partial charge is 0.226 e. The lowest BCUT2D eigenvalue weighted by atomic mass is 10.1. The molecule has 0 aliphatic carbocycles. The number of aliphatic hydroxyl groups is 1. The molecule has 3 rings (SSSR count). The van der Waals surface area contributed by atoms with E-state index in [0.29, 0.717) is 17.3 Å². The molecule has 3 aromatic rings. The zero-order chi connectivity index (χ0) is 20.6. The summed E-state index contributed by atoms with van der Waals surface area (Å²) in [5.74, 6) is 1.22. The van der Waals surface area contributed by atoms with Gasteiger partial charge in [-0.25, -0.2) is 4.98 Å². The number of nitrogens with zero attached hydrogens (tertiary/aromatic N) is 4. The molecule has 0 unspecified atom stereocenters. The Bertz CT molecular complexity index is 893. The van der Waals surface area contributed by atoms with Crippen LogP contribution < -0.4 is 10.6 Å². The van der Waals surface area contributed by atoms with Crippen LogP contribution in [0.2, 0.25) is 0 Å². The Morgan fingerprint density at radius 3 is 2.55 bits per heavy atom. The van der Waals surface area contributed by atoms with Gasteiger partial charge in [0.05, 0.1) is 19.0 Å². The van der Waals surface area contributed by atoms with Crippen LogP contribution in [0.4, 0.5) is 11.8 Å². The van der Waals surface area contributed by atoms with Crippen LogP contribution >= 0.6 is 0 Å². The number of benzene rings is 1. The predicted octanol–water partition coefficient (Wildman–Crippen LogP) is 4.54. The Morgan fingerprint density at radius 1 is 1.07 bits per heavy atom. The van der Waals surface area contributed by atoms with E-state index in [4.69, 9.17) is 4.98 Å². The first-order chi connectivity index (χ1) is 14.1. The molecule has 7 heteroatoms. The number of unbranched alkanes of at least 4 members (excludes halogenated alkanes) is 3. The second-order valence-electron chi connectivity index (χ2n) is 7.59. The van der Waals surface area contributed by atoms with Crippen molar-refractivity contribution in [2.45, 2.75) is 58.5 Å². The fourth-order valence-corrected chi connectivity index (χ4v) is 3.31. The minimum absolute atomic E-state index is 0.0415. The van der Waals surface area contributed by atoms with Crippen molar-refractivity contribution >= 4 is 22.9 Å². The fourth-order valence-electron chi connectivity index (χ4n) is 3.31. The summed E-state index contributed by atoms with van der Waals surface area (Å²) in [5.41, 5.74) is 2.50. The maximum Gasteiger partial charge on any atom is 0.226 e. The third-order valence-electron chi connectivity index (χ3n) is 4.99. The molecule has 156 valence electrons.